The van der Waals surface area contributed by atoms with Crippen molar-refractivity contribution in [2.75, 3.05) is 6.54 Å². The van der Waals surface area contributed by atoms with E-state index >= 15 is 0 Å². The van der Waals surface area contributed by atoms with Crippen LogP contribution in [-0.2, 0) is 4.79 Å². The van der Waals surface area contributed by atoms with E-state index in [2.05, 4.69) is 10.3 Å². The number of hydrogen-bond donors (Lipinski definition) is 1. The molecule has 28 heavy (non-hydrogen) atoms. The lowest BCUT2D eigenvalue weighted by atomic mass is 10.2. The fourth-order valence-electron chi connectivity index (χ4n) is 2.67. The minimum absolute atomic E-state index is 0.0737. The number of thioether (sulfide) groups is 1. The van der Waals surface area contributed by atoms with Crippen LogP contribution in [0, 0.1) is 10.1 Å². The van der Waals surface area contributed by atoms with E-state index in [1.807, 2.05) is 6.92 Å². The fraction of sp³-hybridized carbons (Fsp3) is 0.211. The Morgan fingerprint density at radius 2 is 1.93 bits per heavy atom. The van der Waals surface area contributed by atoms with Gasteiger partial charge in [-0.15, -0.1) is 0 Å². The summed E-state index contributed by atoms with van der Waals surface area (Å²) in [5.74, 6) is -0.162. The molecule has 0 saturated carbocycles. The van der Waals surface area contributed by atoms with E-state index < -0.39 is 10.2 Å². The molecule has 1 amide bonds. The molecule has 0 unspecified atom stereocenters. The van der Waals surface area contributed by atoms with E-state index in [4.69, 9.17) is 0 Å². The maximum absolute atomic E-state index is 13.1. The Balaban J connectivity index is 2.15. The molecule has 1 heterocycles. The summed E-state index contributed by atoms with van der Waals surface area (Å²) >= 11 is 1.16. The molecule has 0 fully saturated rings. The van der Waals surface area contributed by atoms with Gasteiger partial charge in [-0.2, -0.15) is 0 Å². The number of non-ortho nitro benzene ring substituents is 1. The maximum Gasteiger partial charge on any atom is 0.269 e. The van der Waals surface area contributed by atoms with E-state index in [9.17, 15) is 19.7 Å². The van der Waals surface area contributed by atoms with Crippen LogP contribution in [0.3, 0.4) is 0 Å². The number of fused-ring (bicyclic) bond motifs is 1. The van der Waals surface area contributed by atoms with Crippen LogP contribution in [0.5, 0.6) is 0 Å². The van der Waals surface area contributed by atoms with Crippen LogP contribution >= 0.6 is 11.8 Å². The Kier molecular flexibility index (Phi) is 5.74. The normalized spacial score (nSPS) is 11.9. The van der Waals surface area contributed by atoms with E-state index in [1.165, 1.54) is 28.8 Å². The molecule has 0 radical (unpaired) electrons. The number of aromatic nitrogens is 2. The molecule has 2 aromatic carbocycles. The third-order valence-electron chi connectivity index (χ3n) is 4.07. The lowest BCUT2D eigenvalue weighted by Crippen LogP contribution is -2.31. The second-order valence-electron chi connectivity index (χ2n) is 5.98. The summed E-state index contributed by atoms with van der Waals surface area (Å²) in [7, 11) is 0. The number of benzene rings is 2. The highest BCUT2D eigenvalue weighted by Crippen LogP contribution is 2.26. The summed E-state index contributed by atoms with van der Waals surface area (Å²) in [6.07, 6.45) is 0. The van der Waals surface area contributed by atoms with Crippen molar-refractivity contribution in [1.82, 2.24) is 14.9 Å². The van der Waals surface area contributed by atoms with Crippen molar-refractivity contribution in [2.45, 2.75) is 24.3 Å². The first-order chi connectivity index (χ1) is 13.4. The Morgan fingerprint density at radius 3 is 2.57 bits per heavy atom. The second kappa shape index (κ2) is 8.22. The minimum atomic E-state index is -0.502. The van der Waals surface area contributed by atoms with Gasteiger partial charge in [0.25, 0.3) is 11.2 Å². The molecule has 8 nitrogen and oxygen atoms in total. The highest BCUT2D eigenvalue weighted by atomic mass is 32.2. The smallest absolute Gasteiger partial charge is 0.269 e. The van der Waals surface area contributed by atoms with Gasteiger partial charge in [-0.1, -0.05) is 23.9 Å². The van der Waals surface area contributed by atoms with E-state index in [-0.39, 0.29) is 17.2 Å². The van der Waals surface area contributed by atoms with Gasteiger partial charge >= 0.3 is 0 Å². The average Bonchev–Trinajstić information content (AvgIpc) is 2.68. The monoisotopic (exact) mass is 398 g/mol. The third-order valence-corrected chi connectivity index (χ3v) is 5.12. The van der Waals surface area contributed by atoms with Gasteiger partial charge in [-0.05, 0) is 38.1 Å². The van der Waals surface area contributed by atoms with Gasteiger partial charge in [0.15, 0.2) is 5.16 Å². The zero-order chi connectivity index (χ0) is 20.3. The zero-order valence-corrected chi connectivity index (χ0v) is 16.1. The van der Waals surface area contributed by atoms with Crippen LogP contribution in [0.4, 0.5) is 5.69 Å². The molecule has 1 aromatic heterocycles. The first-order valence-electron chi connectivity index (χ1n) is 8.63. The topological polar surface area (TPSA) is 107 Å². The highest BCUT2D eigenvalue weighted by Gasteiger charge is 2.20. The van der Waals surface area contributed by atoms with Crippen molar-refractivity contribution >= 4 is 34.3 Å². The fourth-order valence-corrected chi connectivity index (χ4v) is 3.62. The van der Waals surface area contributed by atoms with Crippen LogP contribution in [0.25, 0.3) is 16.6 Å². The molecule has 0 aliphatic rings. The maximum atomic E-state index is 13.1. The number of amides is 1. The highest BCUT2D eigenvalue weighted by molar-refractivity contribution is 8.00. The number of nitro groups is 1. The van der Waals surface area contributed by atoms with Gasteiger partial charge in [0.05, 0.1) is 26.8 Å². The van der Waals surface area contributed by atoms with Crippen molar-refractivity contribution in [1.29, 1.82) is 0 Å². The quantitative estimate of drug-likeness (QED) is 0.296. The molecular weight excluding hydrogens is 380 g/mol. The Hall–Kier alpha value is -3.20. The van der Waals surface area contributed by atoms with Crippen molar-refractivity contribution in [3.05, 3.63) is 69.0 Å². The molecule has 0 bridgehead atoms. The average molecular weight is 398 g/mol. The molecular formula is C19H18N4O4S. The molecule has 1 atom stereocenters. The van der Waals surface area contributed by atoms with Crippen molar-refractivity contribution in [3.8, 4) is 5.69 Å². The summed E-state index contributed by atoms with van der Waals surface area (Å²) in [5.41, 5.74) is 0.594. The predicted molar refractivity (Wildman–Crippen MR) is 108 cm³/mol. The predicted octanol–water partition coefficient (Wildman–Crippen LogP) is 2.91. The summed E-state index contributed by atoms with van der Waals surface area (Å²) in [4.78, 5) is 40.2. The van der Waals surface area contributed by atoms with Gasteiger partial charge in [-0.25, -0.2) is 4.98 Å². The SMILES string of the molecule is CCNC(=O)[C@H](C)Sc1nc2ccccc2c(=O)n1-c1ccc([N+](=O)[O-])cc1. The van der Waals surface area contributed by atoms with Crippen molar-refractivity contribution in [3.63, 3.8) is 0 Å². The molecule has 3 aromatic rings. The third kappa shape index (κ3) is 3.89. The summed E-state index contributed by atoms with van der Waals surface area (Å²) in [6.45, 7) is 4.07. The number of nitro benzene ring substituents is 1. The molecule has 9 heteroatoms. The van der Waals surface area contributed by atoms with Crippen LogP contribution in [0.1, 0.15) is 13.8 Å². The Labute approximate surface area is 164 Å². The molecule has 0 aliphatic heterocycles. The Morgan fingerprint density at radius 1 is 1.25 bits per heavy atom. The minimum Gasteiger partial charge on any atom is -0.355 e. The molecule has 0 spiro atoms. The van der Waals surface area contributed by atoms with Crippen LogP contribution < -0.4 is 10.9 Å². The zero-order valence-electron chi connectivity index (χ0n) is 15.3. The number of hydrogen-bond acceptors (Lipinski definition) is 6. The largest absolute Gasteiger partial charge is 0.355 e. The molecule has 3 rings (SSSR count). The van der Waals surface area contributed by atoms with E-state index in [0.717, 1.165) is 11.8 Å². The summed E-state index contributed by atoms with van der Waals surface area (Å²) in [5, 5.41) is 14.0. The van der Waals surface area contributed by atoms with Crippen LogP contribution in [0.2, 0.25) is 0 Å². The van der Waals surface area contributed by atoms with Crippen molar-refractivity contribution in [2.24, 2.45) is 0 Å². The number of nitrogens with one attached hydrogen (secondary N) is 1. The number of carbonyl (C=O) groups is 1. The summed E-state index contributed by atoms with van der Waals surface area (Å²) < 4.78 is 1.38. The molecule has 0 saturated heterocycles. The van der Waals surface area contributed by atoms with Gasteiger partial charge in [-0.3, -0.25) is 24.3 Å². The van der Waals surface area contributed by atoms with Gasteiger partial charge < -0.3 is 5.32 Å². The second-order valence-corrected chi connectivity index (χ2v) is 7.29. The molecule has 0 aliphatic carbocycles. The number of nitrogens with zero attached hydrogens (tertiary/aromatic N) is 3. The number of para-hydroxylation sites is 1. The lowest BCUT2D eigenvalue weighted by molar-refractivity contribution is -0.384. The lowest BCUT2D eigenvalue weighted by Gasteiger charge is -2.16. The number of rotatable bonds is 6. The summed E-state index contributed by atoms with van der Waals surface area (Å²) in [6, 6.07) is 12.6. The van der Waals surface area contributed by atoms with Crippen LogP contribution in [-0.4, -0.2) is 32.2 Å². The van der Waals surface area contributed by atoms with Gasteiger partial charge in [0.2, 0.25) is 5.91 Å². The van der Waals surface area contributed by atoms with E-state index in [1.54, 1.807) is 31.2 Å². The van der Waals surface area contributed by atoms with Gasteiger partial charge in [0.1, 0.15) is 0 Å². The first-order valence-corrected chi connectivity index (χ1v) is 9.51. The van der Waals surface area contributed by atoms with Gasteiger partial charge in [0, 0.05) is 18.7 Å². The Bertz CT molecular complexity index is 1100. The van der Waals surface area contributed by atoms with Crippen molar-refractivity contribution < 1.29 is 9.72 Å². The molecule has 1 N–H and O–H groups in total. The van der Waals surface area contributed by atoms with Crippen LogP contribution in [0.15, 0.2) is 58.5 Å². The first kappa shape index (κ1) is 19.6. The standard InChI is InChI=1S/C19H18N4O4S/c1-3-20-17(24)12(2)28-19-21-16-7-5-4-6-15(16)18(25)22(19)13-8-10-14(11-9-13)23(26)27/h4-12H,3H2,1-2H3,(H,20,24)/t12-/m0/s1. The van der Waals surface area contributed by atoms with E-state index in [0.29, 0.717) is 28.3 Å². The molecule has 144 valence electrons. The number of carbonyl (C=O) groups excluding carboxylic acids is 1.